The number of aliphatic hydroxyl groups excluding tert-OH is 1. The number of benzene rings is 1. The molecule has 0 aliphatic rings. The summed E-state index contributed by atoms with van der Waals surface area (Å²) < 4.78 is 5.21. The average molecular weight is 436 g/mol. The molecule has 8 heteroatoms. The molecule has 0 spiro atoms. The van der Waals surface area contributed by atoms with Crippen molar-refractivity contribution in [3.8, 4) is 0 Å². The number of ether oxygens (including phenoxy) is 1. The van der Waals surface area contributed by atoms with E-state index in [1.807, 2.05) is 26.8 Å². The van der Waals surface area contributed by atoms with Crippen molar-refractivity contribution in [2.75, 3.05) is 6.61 Å². The molecule has 1 rings (SSSR count). The second-order valence-corrected chi connectivity index (χ2v) is 9.77. The van der Waals surface area contributed by atoms with Crippen molar-refractivity contribution in [1.29, 1.82) is 0 Å². The van der Waals surface area contributed by atoms with Crippen LogP contribution >= 0.6 is 0 Å². The molecule has 1 aromatic rings. The van der Waals surface area contributed by atoms with Gasteiger partial charge in [0.1, 0.15) is 17.7 Å². The van der Waals surface area contributed by atoms with Crippen LogP contribution in [0.15, 0.2) is 30.3 Å². The molecule has 3 amide bonds. The first-order valence-corrected chi connectivity index (χ1v) is 10.5. The summed E-state index contributed by atoms with van der Waals surface area (Å²) in [5.41, 5.74) is -0.648. The van der Waals surface area contributed by atoms with E-state index in [2.05, 4.69) is 10.6 Å². The Morgan fingerprint density at radius 3 is 2.00 bits per heavy atom. The highest BCUT2D eigenvalue weighted by molar-refractivity contribution is 5.92. The summed E-state index contributed by atoms with van der Waals surface area (Å²) in [7, 11) is 0. The van der Waals surface area contributed by atoms with Crippen molar-refractivity contribution < 1.29 is 24.2 Å². The molecule has 174 valence electrons. The Kier molecular flexibility index (Phi) is 9.05. The van der Waals surface area contributed by atoms with E-state index < -0.39 is 47.9 Å². The molecule has 2 atom stereocenters. The van der Waals surface area contributed by atoms with Crippen LogP contribution in [0.5, 0.6) is 0 Å². The van der Waals surface area contributed by atoms with Gasteiger partial charge in [-0.15, -0.1) is 0 Å². The molecule has 3 N–H and O–H groups in total. The number of nitrogens with zero attached hydrogens (tertiary/aromatic N) is 1. The molecule has 0 bridgehead atoms. The summed E-state index contributed by atoms with van der Waals surface area (Å²) in [5.74, 6) is -0.934. The molecule has 2 unspecified atom stereocenters. The van der Waals surface area contributed by atoms with Gasteiger partial charge in [-0.05, 0) is 61.0 Å². The molecule has 0 aliphatic heterocycles. The van der Waals surface area contributed by atoms with Crippen molar-refractivity contribution in [3.05, 3.63) is 35.9 Å². The number of alkyl carbamates (subject to hydrolysis) is 1. The number of carbonyl (C=O) groups is 3. The number of hydrogen-bond acceptors (Lipinski definition) is 5. The Hall–Kier alpha value is -2.61. The summed E-state index contributed by atoms with van der Waals surface area (Å²) in [6.45, 7) is 13.6. The summed E-state index contributed by atoms with van der Waals surface area (Å²) >= 11 is 0. The van der Waals surface area contributed by atoms with Crippen molar-refractivity contribution >= 4 is 17.9 Å². The van der Waals surface area contributed by atoms with Crippen LogP contribution < -0.4 is 10.6 Å². The SMILES string of the molecule is CC(C)N(C(=O)C(CO)NC(=O)OC(C)(C)C)C(C(=O)NC(C)(C)C)c1ccccc1. The fourth-order valence-electron chi connectivity index (χ4n) is 3.01. The standard InChI is InChI=1S/C23H37N3O5/c1-15(2)26(20(29)17(14-27)24-21(30)31-23(6,7)8)18(16-12-10-9-11-13-16)19(28)25-22(3,4)5/h9-13,15,17-18,27H,14H2,1-8H3,(H,24,30)(H,25,28). The van der Waals surface area contributed by atoms with Crippen molar-refractivity contribution in [1.82, 2.24) is 15.5 Å². The average Bonchev–Trinajstić information content (AvgIpc) is 2.60. The van der Waals surface area contributed by atoms with Gasteiger partial charge in [0, 0.05) is 11.6 Å². The molecule has 0 radical (unpaired) electrons. The van der Waals surface area contributed by atoms with Gasteiger partial charge in [0.05, 0.1) is 6.61 Å². The lowest BCUT2D eigenvalue weighted by molar-refractivity contribution is -0.145. The van der Waals surface area contributed by atoms with Gasteiger partial charge in [-0.1, -0.05) is 30.3 Å². The highest BCUT2D eigenvalue weighted by Gasteiger charge is 2.38. The van der Waals surface area contributed by atoms with E-state index in [0.29, 0.717) is 5.56 Å². The van der Waals surface area contributed by atoms with Gasteiger partial charge in [0.15, 0.2) is 0 Å². The Balaban J connectivity index is 3.31. The smallest absolute Gasteiger partial charge is 0.408 e. The molecule has 1 aromatic carbocycles. The highest BCUT2D eigenvalue weighted by Crippen LogP contribution is 2.25. The van der Waals surface area contributed by atoms with Crippen LogP contribution in [0.4, 0.5) is 4.79 Å². The fraction of sp³-hybridized carbons (Fsp3) is 0.609. The van der Waals surface area contributed by atoms with Gasteiger partial charge >= 0.3 is 6.09 Å². The van der Waals surface area contributed by atoms with E-state index in [0.717, 1.165) is 0 Å². The zero-order valence-electron chi connectivity index (χ0n) is 19.9. The minimum Gasteiger partial charge on any atom is -0.444 e. The molecular weight excluding hydrogens is 398 g/mol. The van der Waals surface area contributed by atoms with Crippen LogP contribution in [0.1, 0.15) is 67.0 Å². The maximum Gasteiger partial charge on any atom is 0.408 e. The van der Waals surface area contributed by atoms with Gasteiger partial charge in [0.2, 0.25) is 11.8 Å². The molecular formula is C23H37N3O5. The Bertz CT molecular complexity index is 751. The van der Waals surface area contributed by atoms with E-state index in [1.165, 1.54) is 4.90 Å². The van der Waals surface area contributed by atoms with E-state index in [4.69, 9.17) is 4.74 Å². The number of aliphatic hydroxyl groups is 1. The van der Waals surface area contributed by atoms with E-state index >= 15 is 0 Å². The molecule has 0 saturated heterocycles. The lowest BCUT2D eigenvalue weighted by atomic mass is 9.99. The molecule has 0 heterocycles. The molecule has 0 aromatic heterocycles. The first-order chi connectivity index (χ1) is 14.2. The summed E-state index contributed by atoms with van der Waals surface area (Å²) in [6.07, 6.45) is -0.820. The normalized spacial score (nSPS) is 13.9. The number of hydrogen-bond donors (Lipinski definition) is 3. The first kappa shape index (κ1) is 26.4. The molecule has 0 aliphatic carbocycles. The number of nitrogens with one attached hydrogen (secondary N) is 2. The number of rotatable bonds is 7. The van der Waals surface area contributed by atoms with Crippen molar-refractivity contribution in [2.45, 2.75) is 84.7 Å². The van der Waals surface area contributed by atoms with Crippen molar-refractivity contribution in [2.24, 2.45) is 0 Å². The number of amides is 3. The topological polar surface area (TPSA) is 108 Å². The summed E-state index contributed by atoms with van der Waals surface area (Å²) in [4.78, 5) is 40.2. The first-order valence-electron chi connectivity index (χ1n) is 10.5. The zero-order chi connectivity index (χ0) is 24.0. The summed E-state index contributed by atoms with van der Waals surface area (Å²) in [5, 5.41) is 15.2. The Morgan fingerprint density at radius 2 is 1.58 bits per heavy atom. The highest BCUT2D eigenvalue weighted by atomic mass is 16.6. The van der Waals surface area contributed by atoms with E-state index in [-0.39, 0.29) is 5.91 Å². The molecule has 8 nitrogen and oxygen atoms in total. The molecule has 0 fully saturated rings. The lowest BCUT2D eigenvalue weighted by Gasteiger charge is -2.38. The third-order valence-electron chi connectivity index (χ3n) is 4.12. The van der Waals surface area contributed by atoms with Gasteiger partial charge < -0.3 is 25.4 Å². The van der Waals surface area contributed by atoms with Crippen LogP contribution in [-0.2, 0) is 14.3 Å². The third-order valence-corrected chi connectivity index (χ3v) is 4.12. The maximum atomic E-state index is 13.4. The predicted molar refractivity (Wildman–Crippen MR) is 119 cm³/mol. The van der Waals surface area contributed by atoms with Crippen LogP contribution in [0, 0.1) is 0 Å². The van der Waals surface area contributed by atoms with Gasteiger partial charge in [-0.3, -0.25) is 9.59 Å². The second-order valence-electron chi connectivity index (χ2n) is 9.77. The van der Waals surface area contributed by atoms with Crippen molar-refractivity contribution in [3.63, 3.8) is 0 Å². The Morgan fingerprint density at radius 1 is 1.03 bits per heavy atom. The monoisotopic (exact) mass is 435 g/mol. The minimum atomic E-state index is -1.26. The molecule has 0 saturated carbocycles. The maximum absolute atomic E-state index is 13.4. The van der Waals surface area contributed by atoms with Gasteiger partial charge in [-0.25, -0.2) is 4.79 Å². The van der Waals surface area contributed by atoms with Gasteiger partial charge in [0.25, 0.3) is 0 Å². The van der Waals surface area contributed by atoms with Crippen LogP contribution in [0.3, 0.4) is 0 Å². The lowest BCUT2D eigenvalue weighted by Crippen LogP contribution is -2.57. The predicted octanol–water partition coefficient (Wildman–Crippen LogP) is 2.77. The van der Waals surface area contributed by atoms with E-state index in [9.17, 15) is 19.5 Å². The molecule has 31 heavy (non-hydrogen) atoms. The Labute approximate surface area is 185 Å². The van der Waals surface area contributed by atoms with Crippen LogP contribution in [0.25, 0.3) is 0 Å². The number of carbonyl (C=O) groups excluding carboxylic acids is 3. The third kappa shape index (κ3) is 8.57. The fourth-order valence-corrected chi connectivity index (χ4v) is 3.01. The second kappa shape index (κ2) is 10.6. The van der Waals surface area contributed by atoms with Crippen LogP contribution in [0.2, 0.25) is 0 Å². The largest absolute Gasteiger partial charge is 0.444 e. The van der Waals surface area contributed by atoms with Gasteiger partial charge in [-0.2, -0.15) is 0 Å². The van der Waals surface area contributed by atoms with E-state index in [1.54, 1.807) is 58.9 Å². The zero-order valence-corrected chi connectivity index (χ0v) is 19.9. The quantitative estimate of drug-likeness (QED) is 0.610. The summed E-state index contributed by atoms with van der Waals surface area (Å²) in [6, 6.07) is 6.35. The van der Waals surface area contributed by atoms with Crippen LogP contribution in [-0.4, -0.2) is 57.7 Å². The minimum absolute atomic E-state index is 0.352.